The number of aryl methyl sites for hydroxylation is 1. The number of halogens is 1. The van der Waals surface area contributed by atoms with E-state index in [0.29, 0.717) is 30.6 Å². The third-order valence-corrected chi connectivity index (χ3v) is 5.79. The zero-order valence-electron chi connectivity index (χ0n) is 12.8. The maximum absolute atomic E-state index is 13.4. The molecule has 1 aromatic carbocycles. The molecule has 0 radical (unpaired) electrons. The SMILES string of the molecule is Cc1c(C(=O)NC2CCC(C(=O)O)CC2)sc2ccc(F)cc12. The summed E-state index contributed by atoms with van der Waals surface area (Å²) in [6.07, 6.45) is 2.55. The van der Waals surface area contributed by atoms with Crippen molar-refractivity contribution in [2.24, 2.45) is 5.92 Å². The first-order valence-electron chi connectivity index (χ1n) is 7.68. The van der Waals surface area contributed by atoms with E-state index in [4.69, 9.17) is 5.11 Å². The number of aliphatic carboxylic acids is 1. The summed E-state index contributed by atoms with van der Waals surface area (Å²) in [4.78, 5) is 24.1. The number of hydrogen-bond donors (Lipinski definition) is 2. The predicted molar refractivity (Wildman–Crippen MR) is 87.4 cm³/mol. The fourth-order valence-electron chi connectivity index (χ4n) is 3.15. The molecule has 0 aliphatic heterocycles. The Morgan fingerprint density at radius 2 is 1.96 bits per heavy atom. The summed E-state index contributed by atoms with van der Waals surface area (Å²) in [5.74, 6) is -1.51. The highest BCUT2D eigenvalue weighted by atomic mass is 32.1. The molecule has 0 unspecified atom stereocenters. The monoisotopic (exact) mass is 335 g/mol. The molecule has 0 bridgehead atoms. The molecule has 1 aliphatic carbocycles. The molecule has 1 aliphatic rings. The van der Waals surface area contributed by atoms with E-state index >= 15 is 0 Å². The molecule has 1 heterocycles. The van der Waals surface area contributed by atoms with Crippen LogP contribution in [0.25, 0.3) is 10.1 Å². The molecule has 23 heavy (non-hydrogen) atoms. The Labute approximate surface area is 137 Å². The minimum Gasteiger partial charge on any atom is -0.481 e. The van der Waals surface area contributed by atoms with Crippen LogP contribution in [0.3, 0.4) is 0 Å². The van der Waals surface area contributed by atoms with Gasteiger partial charge in [0.2, 0.25) is 0 Å². The van der Waals surface area contributed by atoms with Crippen LogP contribution in [0.5, 0.6) is 0 Å². The van der Waals surface area contributed by atoms with Crippen molar-refractivity contribution in [3.63, 3.8) is 0 Å². The number of carbonyl (C=O) groups is 2. The average Bonchev–Trinajstić information content (AvgIpc) is 2.85. The van der Waals surface area contributed by atoms with Gasteiger partial charge in [-0.3, -0.25) is 9.59 Å². The summed E-state index contributed by atoms with van der Waals surface area (Å²) < 4.78 is 14.2. The number of rotatable bonds is 3. The van der Waals surface area contributed by atoms with Crippen molar-refractivity contribution in [2.75, 3.05) is 0 Å². The van der Waals surface area contributed by atoms with Crippen LogP contribution in [0, 0.1) is 18.7 Å². The number of carboxylic acid groups (broad SMARTS) is 1. The lowest BCUT2D eigenvalue weighted by Gasteiger charge is -2.26. The lowest BCUT2D eigenvalue weighted by molar-refractivity contribution is -0.142. The highest BCUT2D eigenvalue weighted by molar-refractivity contribution is 7.21. The van der Waals surface area contributed by atoms with E-state index in [1.54, 1.807) is 6.07 Å². The van der Waals surface area contributed by atoms with E-state index in [1.807, 2.05) is 6.92 Å². The van der Waals surface area contributed by atoms with Gasteiger partial charge in [-0.15, -0.1) is 11.3 Å². The summed E-state index contributed by atoms with van der Waals surface area (Å²) in [6.45, 7) is 1.83. The second-order valence-electron chi connectivity index (χ2n) is 6.06. The molecular formula is C17H18FNO3S. The van der Waals surface area contributed by atoms with E-state index in [-0.39, 0.29) is 23.7 Å². The standard InChI is InChI=1S/C17H18FNO3S/c1-9-13-8-11(18)4-7-14(13)23-15(9)16(20)19-12-5-2-10(3-6-12)17(21)22/h4,7-8,10,12H,2-3,5-6H2,1H3,(H,19,20)(H,21,22). The third-order valence-electron chi connectivity index (χ3n) is 4.52. The molecule has 1 amide bonds. The molecule has 4 nitrogen and oxygen atoms in total. The minimum absolute atomic E-state index is 0.0134. The van der Waals surface area contributed by atoms with Crippen molar-refractivity contribution < 1.29 is 19.1 Å². The largest absolute Gasteiger partial charge is 0.481 e. The molecule has 6 heteroatoms. The van der Waals surface area contributed by atoms with Crippen LogP contribution in [0.15, 0.2) is 18.2 Å². The Bertz CT molecular complexity index is 763. The summed E-state index contributed by atoms with van der Waals surface area (Å²) in [6, 6.07) is 4.56. The molecule has 2 aromatic rings. The normalized spacial score (nSPS) is 21.3. The molecule has 0 spiro atoms. The number of amides is 1. The molecule has 1 saturated carbocycles. The zero-order chi connectivity index (χ0) is 16.6. The van der Waals surface area contributed by atoms with Crippen molar-refractivity contribution >= 4 is 33.3 Å². The lowest BCUT2D eigenvalue weighted by atomic mass is 9.86. The highest BCUT2D eigenvalue weighted by Gasteiger charge is 2.27. The number of carbonyl (C=O) groups excluding carboxylic acids is 1. The topological polar surface area (TPSA) is 66.4 Å². The van der Waals surface area contributed by atoms with Crippen LogP contribution in [0.2, 0.25) is 0 Å². The Hall–Kier alpha value is -1.95. The van der Waals surface area contributed by atoms with Gasteiger partial charge in [-0.1, -0.05) is 0 Å². The first-order chi connectivity index (χ1) is 11.0. The predicted octanol–water partition coefficient (Wildman–Crippen LogP) is 3.72. The molecule has 1 fully saturated rings. The number of fused-ring (bicyclic) bond motifs is 1. The van der Waals surface area contributed by atoms with Crippen LogP contribution >= 0.6 is 11.3 Å². The number of nitrogens with one attached hydrogen (secondary N) is 1. The third kappa shape index (κ3) is 3.22. The summed E-state index contributed by atoms with van der Waals surface area (Å²) >= 11 is 1.36. The Kier molecular flexibility index (Phi) is 4.35. The van der Waals surface area contributed by atoms with Gasteiger partial charge in [-0.2, -0.15) is 0 Å². The Morgan fingerprint density at radius 3 is 2.61 bits per heavy atom. The Balaban J connectivity index is 1.72. The number of benzene rings is 1. The number of carboxylic acids is 1. The van der Waals surface area contributed by atoms with Gasteiger partial charge in [0.05, 0.1) is 10.8 Å². The van der Waals surface area contributed by atoms with Gasteiger partial charge in [0.1, 0.15) is 5.82 Å². The van der Waals surface area contributed by atoms with Gasteiger partial charge in [0.25, 0.3) is 5.91 Å². The van der Waals surface area contributed by atoms with Gasteiger partial charge < -0.3 is 10.4 Å². The van der Waals surface area contributed by atoms with Crippen LogP contribution in [-0.4, -0.2) is 23.0 Å². The van der Waals surface area contributed by atoms with Gasteiger partial charge in [-0.25, -0.2) is 4.39 Å². The lowest BCUT2D eigenvalue weighted by Crippen LogP contribution is -2.38. The van der Waals surface area contributed by atoms with Crippen molar-refractivity contribution in [2.45, 2.75) is 38.6 Å². The van der Waals surface area contributed by atoms with Crippen LogP contribution in [0.1, 0.15) is 40.9 Å². The van der Waals surface area contributed by atoms with Gasteiger partial charge >= 0.3 is 5.97 Å². The molecule has 0 saturated heterocycles. The molecule has 1 aromatic heterocycles. The van der Waals surface area contributed by atoms with E-state index in [0.717, 1.165) is 15.6 Å². The smallest absolute Gasteiger partial charge is 0.306 e. The molecule has 3 rings (SSSR count). The van der Waals surface area contributed by atoms with E-state index in [1.165, 1.54) is 23.5 Å². The second-order valence-corrected chi connectivity index (χ2v) is 7.11. The second kappa shape index (κ2) is 6.28. The quantitative estimate of drug-likeness (QED) is 0.898. The Morgan fingerprint density at radius 1 is 1.26 bits per heavy atom. The molecule has 122 valence electrons. The van der Waals surface area contributed by atoms with Gasteiger partial charge in [-0.05, 0) is 61.8 Å². The van der Waals surface area contributed by atoms with Gasteiger partial charge in [0.15, 0.2) is 0 Å². The van der Waals surface area contributed by atoms with Crippen LogP contribution < -0.4 is 5.32 Å². The van der Waals surface area contributed by atoms with Crippen molar-refractivity contribution in [1.82, 2.24) is 5.32 Å². The van der Waals surface area contributed by atoms with Crippen molar-refractivity contribution in [3.8, 4) is 0 Å². The number of hydrogen-bond acceptors (Lipinski definition) is 3. The van der Waals surface area contributed by atoms with E-state index in [2.05, 4.69) is 5.32 Å². The molecular weight excluding hydrogens is 317 g/mol. The average molecular weight is 335 g/mol. The van der Waals surface area contributed by atoms with E-state index < -0.39 is 5.97 Å². The summed E-state index contributed by atoms with van der Waals surface area (Å²) in [7, 11) is 0. The first-order valence-corrected chi connectivity index (χ1v) is 8.49. The molecule has 0 atom stereocenters. The highest BCUT2D eigenvalue weighted by Crippen LogP contribution is 2.32. The van der Waals surface area contributed by atoms with Crippen molar-refractivity contribution in [3.05, 3.63) is 34.5 Å². The maximum Gasteiger partial charge on any atom is 0.306 e. The maximum atomic E-state index is 13.4. The number of thiophene rings is 1. The van der Waals surface area contributed by atoms with Crippen LogP contribution in [-0.2, 0) is 4.79 Å². The first kappa shape index (κ1) is 15.9. The fourth-order valence-corrected chi connectivity index (χ4v) is 4.24. The van der Waals surface area contributed by atoms with Gasteiger partial charge in [0, 0.05) is 10.7 Å². The van der Waals surface area contributed by atoms with E-state index in [9.17, 15) is 14.0 Å². The summed E-state index contributed by atoms with van der Waals surface area (Å²) in [5.41, 5.74) is 0.793. The fraction of sp³-hybridized carbons (Fsp3) is 0.412. The minimum atomic E-state index is -0.753. The molecule has 2 N–H and O–H groups in total. The zero-order valence-corrected chi connectivity index (χ0v) is 13.6. The van der Waals surface area contributed by atoms with Crippen molar-refractivity contribution in [1.29, 1.82) is 0 Å². The van der Waals surface area contributed by atoms with Crippen LogP contribution in [0.4, 0.5) is 4.39 Å². The summed E-state index contributed by atoms with van der Waals surface area (Å²) in [5, 5.41) is 12.8.